The standard InChI is InChI=1S/C24H23N5O2S/c1-16(19-8-7-17-5-3-4-6-20(17)13-19)26-23(31)18-9-11-21(12-10-18)27-22(30)14-32-24-28-25-15-29(24)2/h3-13,15-16H,14H2,1-2H3,(H,26,31)(H,27,30)/t16-/m1/s1. The normalized spacial score (nSPS) is 11.8. The fourth-order valence-corrected chi connectivity index (χ4v) is 3.96. The first-order valence-electron chi connectivity index (χ1n) is 10.2. The Morgan fingerprint density at radius 2 is 1.78 bits per heavy atom. The Hall–Kier alpha value is -3.65. The molecule has 4 rings (SSSR count). The minimum Gasteiger partial charge on any atom is -0.346 e. The number of anilines is 1. The van der Waals surface area contributed by atoms with Gasteiger partial charge in [0.15, 0.2) is 5.16 Å². The van der Waals surface area contributed by atoms with E-state index < -0.39 is 0 Å². The number of nitrogens with zero attached hydrogens (tertiary/aromatic N) is 3. The number of benzene rings is 3. The summed E-state index contributed by atoms with van der Waals surface area (Å²) in [4.78, 5) is 24.8. The Bertz CT molecular complexity index is 1250. The first-order valence-corrected chi connectivity index (χ1v) is 11.1. The number of fused-ring (bicyclic) bond motifs is 1. The van der Waals surface area contributed by atoms with Gasteiger partial charge in [0.1, 0.15) is 6.33 Å². The summed E-state index contributed by atoms with van der Waals surface area (Å²) in [6, 6.07) is 21.0. The zero-order valence-electron chi connectivity index (χ0n) is 17.8. The van der Waals surface area contributed by atoms with E-state index in [0.29, 0.717) is 16.4 Å². The summed E-state index contributed by atoms with van der Waals surface area (Å²) < 4.78 is 1.75. The van der Waals surface area contributed by atoms with Crippen LogP contribution in [-0.2, 0) is 11.8 Å². The molecule has 8 heteroatoms. The Morgan fingerprint density at radius 3 is 2.50 bits per heavy atom. The van der Waals surface area contributed by atoms with Crippen molar-refractivity contribution in [1.29, 1.82) is 0 Å². The molecule has 1 aromatic heterocycles. The van der Waals surface area contributed by atoms with Gasteiger partial charge in [-0.3, -0.25) is 9.59 Å². The van der Waals surface area contributed by atoms with Crippen LogP contribution in [0.5, 0.6) is 0 Å². The van der Waals surface area contributed by atoms with E-state index in [-0.39, 0.29) is 23.6 Å². The van der Waals surface area contributed by atoms with E-state index in [4.69, 9.17) is 0 Å². The van der Waals surface area contributed by atoms with Crippen molar-refractivity contribution < 1.29 is 9.59 Å². The van der Waals surface area contributed by atoms with E-state index in [1.54, 1.807) is 35.2 Å². The van der Waals surface area contributed by atoms with Crippen LogP contribution in [0.15, 0.2) is 78.2 Å². The van der Waals surface area contributed by atoms with Crippen molar-refractivity contribution in [2.75, 3.05) is 11.1 Å². The molecule has 2 amide bonds. The highest BCUT2D eigenvalue weighted by Gasteiger charge is 2.13. The van der Waals surface area contributed by atoms with E-state index in [9.17, 15) is 9.59 Å². The largest absolute Gasteiger partial charge is 0.346 e. The van der Waals surface area contributed by atoms with Gasteiger partial charge in [0.25, 0.3) is 5.91 Å². The second kappa shape index (κ2) is 9.65. The molecule has 0 aliphatic carbocycles. The van der Waals surface area contributed by atoms with Crippen LogP contribution in [0.4, 0.5) is 5.69 Å². The lowest BCUT2D eigenvalue weighted by molar-refractivity contribution is -0.113. The van der Waals surface area contributed by atoms with Crippen LogP contribution in [0.1, 0.15) is 28.9 Å². The summed E-state index contributed by atoms with van der Waals surface area (Å²) in [7, 11) is 1.82. The van der Waals surface area contributed by atoms with Crippen LogP contribution in [0.25, 0.3) is 10.8 Å². The summed E-state index contributed by atoms with van der Waals surface area (Å²) in [5, 5.41) is 16.6. The molecule has 4 aromatic rings. The fourth-order valence-electron chi connectivity index (χ4n) is 3.28. The maximum Gasteiger partial charge on any atom is 0.251 e. The quantitative estimate of drug-likeness (QED) is 0.417. The highest BCUT2D eigenvalue weighted by molar-refractivity contribution is 7.99. The number of nitrogens with one attached hydrogen (secondary N) is 2. The summed E-state index contributed by atoms with van der Waals surface area (Å²) in [6.07, 6.45) is 1.59. The van der Waals surface area contributed by atoms with Gasteiger partial charge < -0.3 is 15.2 Å². The molecule has 1 heterocycles. The first-order chi connectivity index (χ1) is 15.5. The Labute approximate surface area is 190 Å². The number of carbonyl (C=O) groups is 2. The van der Waals surface area contributed by atoms with Gasteiger partial charge in [0.2, 0.25) is 5.91 Å². The van der Waals surface area contributed by atoms with E-state index in [2.05, 4.69) is 45.1 Å². The minimum atomic E-state index is -0.165. The lowest BCUT2D eigenvalue weighted by Gasteiger charge is -2.15. The monoisotopic (exact) mass is 445 g/mol. The van der Waals surface area contributed by atoms with Crippen molar-refractivity contribution in [3.05, 3.63) is 84.2 Å². The van der Waals surface area contributed by atoms with Gasteiger partial charge in [-0.15, -0.1) is 10.2 Å². The van der Waals surface area contributed by atoms with E-state index in [1.165, 1.54) is 17.1 Å². The molecule has 0 spiro atoms. The predicted molar refractivity (Wildman–Crippen MR) is 127 cm³/mol. The number of aromatic nitrogens is 3. The highest BCUT2D eigenvalue weighted by atomic mass is 32.2. The van der Waals surface area contributed by atoms with Crippen LogP contribution in [0.2, 0.25) is 0 Å². The molecular weight excluding hydrogens is 422 g/mol. The zero-order chi connectivity index (χ0) is 22.5. The average molecular weight is 446 g/mol. The Balaban J connectivity index is 1.33. The Morgan fingerprint density at radius 1 is 1.03 bits per heavy atom. The summed E-state index contributed by atoms with van der Waals surface area (Å²) in [6.45, 7) is 1.96. The molecule has 1 atom stereocenters. The SMILES string of the molecule is C[C@@H](NC(=O)c1ccc(NC(=O)CSc2nncn2C)cc1)c1ccc2ccccc2c1. The molecule has 3 aromatic carbocycles. The maximum absolute atomic E-state index is 12.7. The highest BCUT2D eigenvalue weighted by Crippen LogP contribution is 2.21. The molecule has 0 radical (unpaired) electrons. The number of carbonyl (C=O) groups excluding carboxylic acids is 2. The molecule has 0 unspecified atom stereocenters. The summed E-state index contributed by atoms with van der Waals surface area (Å²) in [5.74, 6) is -0.0978. The second-order valence-electron chi connectivity index (χ2n) is 7.44. The van der Waals surface area contributed by atoms with Crippen molar-refractivity contribution in [2.45, 2.75) is 18.1 Å². The van der Waals surface area contributed by atoms with Crippen molar-refractivity contribution in [3.8, 4) is 0 Å². The van der Waals surface area contributed by atoms with E-state index >= 15 is 0 Å². The van der Waals surface area contributed by atoms with Crippen molar-refractivity contribution in [1.82, 2.24) is 20.1 Å². The number of thioether (sulfide) groups is 1. The van der Waals surface area contributed by atoms with Crippen LogP contribution in [0.3, 0.4) is 0 Å². The molecule has 0 saturated heterocycles. The molecule has 7 nitrogen and oxygen atoms in total. The van der Waals surface area contributed by atoms with Gasteiger partial charge in [-0.2, -0.15) is 0 Å². The van der Waals surface area contributed by atoms with Crippen LogP contribution in [0, 0.1) is 0 Å². The van der Waals surface area contributed by atoms with E-state index in [1.807, 2.05) is 32.2 Å². The second-order valence-corrected chi connectivity index (χ2v) is 8.38. The van der Waals surface area contributed by atoms with Gasteiger partial charge in [-0.05, 0) is 53.6 Å². The first kappa shape index (κ1) is 21.6. The molecule has 2 N–H and O–H groups in total. The number of amides is 2. The van der Waals surface area contributed by atoms with Gasteiger partial charge >= 0.3 is 0 Å². The van der Waals surface area contributed by atoms with Crippen LogP contribution >= 0.6 is 11.8 Å². The van der Waals surface area contributed by atoms with Crippen molar-refractivity contribution in [2.24, 2.45) is 7.05 Å². The lowest BCUT2D eigenvalue weighted by Crippen LogP contribution is -2.26. The van der Waals surface area contributed by atoms with Gasteiger partial charge in [-0.1, -0.05) is 48.2 Å². The fraction of sp³-hybridized carbons (Fsp3) is 0.167. The molecular formula is C24H23N5O2S. The molecule has 0 aliphatic rings. The molecule has 0 fully saturated rings. The van der Waals surface area contributed by atoms with Crippen molar-refractivity contribution >= 4 is 40.0 Å². The number of hydrogen-bond donors (Lipinski definition) is 2. The average Bonchev–Trinajstić information content (AvgIpc) is 3.22. The molecule has 0 bridgehead atoms. The number of rotatable bonds is 7. The third-order valence-corrected chi connectivity index (χ3v) is 6.09. The molecule has 32 heavy (non-hydrogen) atoms. The van der Waals surface area contributed by atoms with Gasteiger partial charge in [0.05, 0.1) is 11.8 Å². The maximum atomic E-state index is 12.7. The predicted octanol–water partition coefficient (Wildman–Crippen LogP) is 4.19. The van der Waals surface area contributed by atoms with E-state index in [0.717, 1.165) is 10.9 Å². The minimum absolute atomic E-state index is 0.135. The smallest absolute Gasteiger partial charge is 0.251 e. The third kappa shape index (κ3) is 5.15. The molecule has 0 aliphatic heterocycles. The number of hydrogen-bond acceptors (Lipinski definition) is 5. The summed E-state index contributed by atoms with van der Waals surface area (Å²) >= 11 is 1.31. The zero-order valence-corrected chi connectivity index (χ0v) is 18.6. The van der Waals surface area contributed by atoms with Gasteiger partial charge in [0, 0.05) is 18.3 Å². The number of aryl methyl sites for hydroxylation is 1. The van der Waals surface area contributed by atoms with Crippen molar-refractivity contribution in [3.63, 3.8) is 0 Å². The molecule has 0 saturated carbocycles. The lowest BCUT2D eigenvalue weighted by atomic mass is 10.0. The summed E-state index contributed by atoms with van der Waals surface area (Å²) in [5.41, 5.74) is 2.21. The third-order valence-electron chi connectivity index (χ3n) is 5.05. The van der Waals surface area contributed by atoms with Gasteiger partial charge in [-0.25, -0.2) is 0 Å². The Kier molecular flexibility index (Phi) is 6.51. The van der Waals surface area contributed by atoms with Crippen LogP contribution in [-0.4, -0.2) is 32.3 Å². The van der Waals surface area contributed by atoms with Crippen LogP contribution < -0.4 is 10.6 Å². The topological polar surface area (TPSA) is 88.9 Å². The molecule has 162 valence electrons.